The van der Waals surface area contributed by atoms with Gasteiger partial charge < -0.3 is 0 Å². The zero-order valence-corrected chi connectivity index (χ0v) is 10.7. The molecule has 16 heavy (non-hydrogen) atoms. The largest absolute Gasteiger partial charge is 0.189 e. The van der Waals surface area contributed by atoms with Crippen LogP contribution in [0, 0.1) is 0 Å². The minimum atomic E-state index is 1.26. The first-order chi connectivity index (χ1) is 7.84. The molecule has 0 saturated carbocycles. The van der Waals surface area contributed by atoms with Gasteiger partial charge in [0.1, 0.15) is 0 Å². The quantitative estimate of drug-likeness (QED) is 0.740. The molecule has 0 atom stereocenters. The van der Waals surface area contributed by atoms with E-state index in [2.05, 4.69) is 59.3 Å². The molecule has 0 radical (unpaired) electrons. The summed E-state index contributed by atoms with van der Waals surface area (Å²) in [6.07, 6.45) is 0. The topological polar surface area (TPSA) is 3.24 Å². The number of hydrogen-bond acceptors (Lipinski definition) is 3. The van der Waals surface area contributed by atoms with E-state index < -0.39 is 0 Å². The molecule has 0 amide bonds. The second-order valence-corrected chi connectivity index (χ2v) is 5.88. The van der Waals surface area contributed by atoms with E-state index in [0.717, 1.165) is 0 Å². The number of nitrogens with zero attached hydrogens (tertiary/aromatic N) is 1. The van der Waals surface area contributed by atoms with Gasteiger partial charge >= 0.3 is 0 Å². The predicted octanol–water partition coefficient (Wildman–Crippen LogP) is 4.33. The van der Waals surface area contributed by atoms with Crippen LogP contribution in [0.4, 0.5) is 0 Å². The van der Waals surface area contributed by atoms with Gasteiger partial charge in [-0.1, -0.05) is 36.4 Å². The van der Waals surface area contributed by atoms with Crippen LogP contribution in [-0.4, -0.2) is 10.8 Å². The van der Waals surface area contributed by atoms with E-state index >= 15 is 0 Å². The van der Waals surface area contributed by atoms with Crippen molar-refractivity contribution >= 4 is 23.9 Å². The summed E-state index contributed by atoms with van der Waals surface area (Å²) in [5.74, 6) is 0. The lowest BCUT2D eigenvalue weighted by Crippen LogP contribution is -1.96. The molecule has 0 spiro atoms. The molecule has 1 nitrogen and oxygen atoms in total. The lowest BCUT2D eigenvalue weighted by atomic mass is 10.4. The van der Waals surface area contributed by atoms with Crippen molar-refractivity contribution in [3.63, 3.8) is 0 Å². The minimum absolute atomic E-state index is 1.26. The van der Waals surface area contributed by atoms with Crippen LogP contribution in [0.5, 0.6) is 0 Å². The summed E-state index contributed by atoms with van der Waals surface area (Å²) in [6.45, 7) is 0. The molecule has 0 aliphatic carbocycles. The van der Waals surface area contributed by atoms with E-state index in [1.165, 1.54) is 9.79 Å². The molecular formula is C13H13NS2. The van der Waals surface area contributed by atoms with Gasteiger partial charge in [-0.3, -0.25) is 0 Å². The normalized spacial score (nSPS) is 10.6. The van der Waals surface area contributed by atoms with Crippen molar-refractivity contribution in [3.05, 3.63) is 60.7 Å². The van der Waals surface area contributed by atoms with Crippen molar-refractivity contribution in [1.82, 2.24) is 3.71 Å². The van der Waals surface area contributed by atoms with Gasteiger partial charge in [-0.05, 0) is 48.2 Å². The zero-order valence-electron chi connectivity index (χ0n) is 9.04. The third kappa shape index (κ3) is 3.59. The summed E-state index contributed by atoms with van der Waals surface area (Å²) in [4.78, 5) is 2.52. The SMILES string of the molecule is CN(Sc1ccccc1)Sc1ccccc1. The summed E-state index contributed by atoms with van der Waals surface area (Å²) < 4.78 is 2.16. The lowest BCUT2D eigenvalue weighted by Gasteiger charge is -2.13. The van der Waals surface area contributed by atoms with Crippen LogP contribution in [0.15, 0.2) is 70.5 Å². The van der Waals surface area contributed by atoms with Crippen molar-refractivity contribution in [2.75, 3.05) is 7.05 Å². The molecule has 0 saturated heterocycles. The monoisotopic (exact) mass is 247 g/mol. The van der Waals surface area contributed by atoms with Crippen LogP contribution in [0.25, 0.3) is 0 Å². The number of rotatable bonds is 4. The van der Waals surface area contributed by atoms with Gasteiger partial charge in [-0.15, -0.1) is 0 Å². The molecule has 2 rings (SSSR count). The highest BCUT2D eigenvalue weighted by Crippen LogP contribution is 2.31. The Labute approximate surface area is 105 Å². The molecule has 3 heteroatoms. The molecule has 0 fully saturated rings. The number of benzene rings is 2. The molecule has 2 aromatic carbocycles. The number of hydrogen-bond donors (Lipinski definition) is 0. The summed E-state index contributed by atoms with van der Waals surface area (Å²) in [5.41, 5.74) is 0. The second-order valence-electron chi connectivity index (χ2n) is 3.25. The Kier molecular flexibility index (Phi) is 4.34. The molecule has 0 aliphatic heterocycles. The zero-order chi connectivity index (χ0) is 11.2. The Bertz CT molecular complexity index is 375. The molecule has 0 aromatic heterocycles. The van der Waals surface area contributed by atoms with E-state index in [4.69, 9.17) is 0 Å². The van der Waals surface area contributed by atoms with Gasteiger partial charge in [-0.25, -0.2) is 0 Å². The van der Waals surface area contributed by atoms with E-state index in [0.29, 0.717) is 0 Å². The summed E-state index contributed by atoms with van der Waals surface area (Å²) in [7, 11) is 2.08. The highest BCUT2D eigenvalue weighted by molar-refractivity contribution is 8.12. The Morgan fingerprint density at radius 2 is 1.06 bits per heavy atom. The van der Waals surface area contributed by atoms with E-state index in [-0.39, 0.29) is 0 Å². The molecule has 0 bridgehead atoms. The molecule has 0 unspecified atom stereocenters. The molecule has 2 aromatic rings. The van der Waals surface area contributed by atoms with Crippen LogP contribution in [0.1, 0.15) is 0 Å². The molecule has 0 N–H and O–H groups in total. The fraction of sp³-hybridized carbons (Fsp3) is 0.0769. The van der Waals surface area contributed by atoms with Gasteiger partial charge in [0.25, 0.3) is 0 Å². The van der Waals surface area contributed by atoms with Crippen molar-refractivity contribution in [2.24, 2.45) is 0 Å². The standard InChI is InChI=1S/C13H13NS2/c1-14(15-12-8-4-2-5-9-12)16-13-10-6-3-7-11-13/h2-11H,1H3. The smallest absolute Gasteiger partial charge is 0.0238 e. The summed E-state index contributed by atoms with van der Waals surface area (Å²) >= 11 is 3.47. The van der Waals surface area contributed by atoms with Gasteiger partial charge in [-0.2, -0.15) is 3.71 Å². The average molecular weight is 247 g/mol. The highest BCUT2D eigenvalue weighted by atomic mass is 32.2. The third-order valence-corrected chi connectivity index (χ3v) is 3.88. The summed E-state index contributed by atoms with van der Waals surface area (Å²) in [6, 6.07) is 20.8. The first-order valence-electron chi connectivity index (χ1n) is 5.04. The maximum absolute atomic E-state index is 2.16. The first-order valence-corrected chi connectivity index (χ1v) is 6.59. The van der Waals surface area contributed by atoms with E-state index in [1.807, 2.05) is 12.1 Å². The van der Waals surface area contributed by atoms with E-state index in [1.54, 1.807) is 23.9 Å². The molecule has 0 heterocycles. The van der Waals surface area contributed by atoms with Crippen LogP contribution < -0.4 is 0 Å². The Morgan fingerprint density at radius 3 is 1.44 bits per heavy atom. The van der Waals surface area contributed by atoms with E-state index in [9.17, 15) is 0 Å². The Morgan fingerprint density at radius 1 is 0.688 bits per heavy atom. The fourth-order valence-corrected chi connectivity index (χ4v) is 3.10. The highest BCUT2D eigenvalue weighted by Gasteiger charge is 2.02. The third-order valence-electron chi connectivity index (χ3n) is 1.95. The van der Waals surface area contributed by atoms with Gasteiger partial charge in [0, 0.05) is 16.8 Å². The van der Waals surface area contributed by atoms with Gasteiger partial charge in [0.2, 0.25) is 0 Å². The van der Waals surface area contributed by atoms with Crippen molar-refractivity contribution in [3.8, 4) is 0 Å². The van der Waals surface area contributed by atoms with Crippen LogP contribution >= 0.6 is 23.9 Å². The van der Waals surface area contributed by atoms with Gasteiger partial charge in [0.05, 0.1) is 0 Å². The molecule has 0 aliphatic rings. The van der Waals surface area contributed by atoms with Gasteiger partial charge in [0.15, 0.2) is 0 Å². The predicted molar refractivity (Wildman–Crippen MR) is 72.4 cm³/mol. The second kappa shape index (κ2) is 5.99. The average Bonchev–Trinajstić information content (AvgIpc) is 2.31. The lowest BCUT2D eigenvalue weighted by molar-refractivity contribution is 0.939. The fourth-order valence-electron chi connectivity index (χ4n) is 1.28. The van der Waals surface area contributed by atoms with Crippen LogP contribution in [-0.2, 0) is 0 Å². The first kappa shape index (κ1) is 11.6. The van der Waals surface area contributed by atoms with Crippen LogP contribution in [0.2, 0.25) is 0 Å². The molecule has 82 valence electrons. The maximum Gasteiger partial charge on any atom is 0.0238 e. The van der Waals surface area contributed by atoms with Crippen LogP contribution in [0.3, 0.4) is 0 Å². The van der Waals surface area contributed by atoms with Crippen molar-refractivity contribution < 1.29 is 0 Å². The summed E-state index contributed by atoms with van der Waals surface area (Å²) in [5, 5.41) is 0. The Balaban J connectivity index is 1.92. The van der Waals surface area contributed by atoms with Crippen molar-refractivity contribution in [1.29, 1.82) is 0 Å². The minimum Gasteiger partial charge on any atom is -0.189 e. The maximum atomic E-state index is 2.16. The van der Waals surface area contributed by atoms with Crippen molar-refractivity contribution in [2.45, 2.75) is 9.79 Å². The molecular weight excluding hydrogens is 234 g/mol. The Hall–Kier alpha value is -0.900.